The van der Waals surface area contributed by atoms with Crippen molar-refractivity contribution >= 4 is 5.65 Å². The van der Waals surface area contributed by atoms with Gasteiger partial charge in [0.15, 0.2) is 0 Å². The van der Waals surface area contributed by atoms with Gasteiger partial charge in [0.2, 0.25) is 5.75 Å². The van der Waals surface area contributed by atoms with Crippen molar-refractivity contribution in [3.8, 4) is 11.5 Å². The van der Waals surface area contributed by atoms with Crippen LogP contribution in [0.3, 0.4) is 0 Å². The lowest BCUT2D eigenvalue weighted by Gasteiger charge is -2.10. The number of pyridine rings is 1. The molecule has 0 unspecified atom stereocenters. The number of aromatic nitrogens is 2. The molecule has 168 valence electrons. The van der Waals surface area contributed by atoms with Crippen LogP contribution in [0, 0.1) is 13.8 Å². The van der Waals surface area contributed by atoms with Crippen LogP contribution in [0.1, 0.15) is 22.5 Å². The van der Waals surface area contributed by atoms with E-state index in [1.165, 1.54) is 12.1 Å². The molecule has 4 rings (SSSR count). The van der Waals surface area contributed by atoms with E-state index in [4.69, 9.17) is 4.74 Å². The summed E-state index contributed by atoms with van der Waals surface area (Å²) >= 11 is 0. The molecule has 2 aromatic heterocycles. The van der Waals surface area contributed by atoms with Crippen LogP contribution >= 0.6 is 0 Å². The van der Waals surface area contributed by atoms with Crippen LogP contribution in [0.4, 0.5) is 13.2 Å². The lowest BCUT2D eigenvalue weighted by molar-refractivity contribution is -0.519. The molecule has 0 saturated heterocycles. The Morgan fingerprint density at radius 1 is 0.906 bits per heavy atom. The first-order valence-corrected chi connectivity index (χ1v) is 9.83. The summed E-state index contributed by atoms with van der Waals surface area (Å²) in [5, 5.41) is 0. The molecule has 2 aromatic carbocycles. The number of benzene rings is 2. The van der Waals surface area contributed by atoms with Crippen molar-refractivity contribution in [2.24, 2.45) is 0 Å². The quantitative estimate of drug-likeness (QED) is 0.375. The van der Waals surface area contributed by atoms with E-state index in [2.05, 4.69) is 4.74 Å². The highest BCUT2D eigenvalue weighted by Crippen LogP contribution is 2.26. The standard InChI is InChI=1S/C24H22F3N2O2.BrH/c1-17-18(2)29(15-20-10-6-11-21(14-20)31-24(25,26)27)23-22(12-7-13-28(17)23)30-16-19-8-4-3-5-9-19;/h3-14H,15-16H2,1-2H3;1H/q+1;/p-1. The average molecular weight is 507 g/mol. The fraction of sp³-hybridized carbons (Fsp3) is 0.208. The highest BCUT2D eigenvalue weighted by molar-refractivity contribution is 5.51. The first kappa shape index (κ1) is 23.7. The summed E-state index contributed by atoms with van der Waals surface area (Å²) in [6.45, 7) is 4.78. The lowest BCUT2D eigenvalue weighted by Crippen LogP contribution is -3.00. The summed E-state index contributed by atoms with van der Waals surface area (Å²) in [7, 11) is 0. The Morgan fingerprint density at radius 2 is 1.62 bits per heavy atom. The first-order chi connectivity index (χ1) is 14.8. The number of rotatable bonds is 6. The van der Waals surface area contributed by atoms with E-state index in [0.717, 1.165) is 22.6 Å². The molecule has 0 atom stereocenters. The van der Waals surface area contributed by atoms with Crippen LogP contribution in [0.2, 0.25) is 0 Å². The van der Waals surface area contributed by atoms with E-state index in [0.29, 0.717) is 24.5 Å². The predicted octanol–water partition coefficient (Wildman–Crippen LogP) is 2.37. The van der Waals surface area contributed by atoms with Gasteiger partial charge in [-0.15, -0.1) is 13.2 Å². The minimum atomic E-state index is -4.72. The molecule has 2 heterocycles. The van der Waals surface area contributed by atoms with Gasteiger partial charge in [-0.05, 0) is 35.4 Å². The molecule has 0 aliphatic carbocycles. The third kappa shape index (κ3) is 5.24. The fourth-order valence-electron chi connectivity index (χ4n) is 3.61. The number of halogens is 4. The van der Waals surface area contributed by atoms with Gasteiger partial charge < -0.3 is 26.5 Å². The van der Waals surface area contributed by atoms with Crippen molar-refractivity contribution < 1.29 is 44.0 Å². The van der Waals surface area contributed by atoms with Gasteiger partial charge in [-0.2, -0.15) is 4.40 Å². The molecule has 0 spiro atoms. The van der Waals surface area contributed by atoms with Gasteiger partial charge in [0.1, 0.15) is 30.3 Å². The van der Waals surface area contributed by atoms with Crippen molar-refractivity contribution in [1.82, 2.24) is 4.57 Å². The van der Waals surface area contributed by atoms with Crippen molar-refractivity contribution in [2.75, 3.05) is 0 Å². The lowest BCUT2D eigenvalue weighted by atomic mass is 10.2. The molecule has 0 N–H and O–H groups in total. The third-order valence-corrected chi connectivity index (χ3v) is 5.19. The van der Waals surface area contributed by atoms with Gasteiger partial charge in [0.25, 0.3) is 0 Å². The Bertz CT molecular complexity index is 1210. The second-order valence-corrected chi connectivity index (χ2v) is 7.29. The molecule has 0 aliphatic heterocycles. The van der Waals surface area contributed by atoms with Crippen molar-refractivity contribution in [3.05, 3.63) is 95.4 Å². The summed E-state index contributed by atoms with van der Waals surface area (Å²) in [6.07, 6.45) is -2.77. The summed E-state index contributed by atoms with van der Waals surface area (Å²) in [5.74, 6) is 0.467. The molecule has 0 fully saturated rings. The summed E-state index contributed by atoms with van der Waals surface area (Å²) < 4.78 is 52.1. The number of ether oxygens (including phenoxy) is 2. The molecule has 0 bridgehead atoms. The van der Waals surface area contributed by atoms with Crippen LogP contribution in [0.5, 0.6) is 11.5 Å². The Hall–Kier alpha value is -3.00. The maximum atomic E-state index is 12.6. The Balaban J connectivity index is 0.00000289. The van der Waals surface area contributed by atoms with Crippen LogP contribution in [-0.4, -0.2) is 10.9 Å². The van der Waals surface area contributed by atoms with Gasteiger partial charge in [-0.25, -0.2) is 4.57 Å². The second-order valence-electron chi connectivity index (χ2n) is 7.29. The maximum Gasteiger partial charge on any atom is 0.573 e. The zero-order valence-corrected chi connectivity index (χ0v) is 19.2. The van der Waals surface area contributed by atoms with Crippen LogP contribution in [-0.2, 0) is 13.2 Å². The van der Waals surface area contributed by atoms with Crippen LogP contribution in [0.25, 0.3) is 5.65 Å². The minimum absolute atomic E-state index is 0. The first-order valence-electron chi connectivity index (χ1n) is 9.83. The SMILES string of the molecule is Cc1c(C)[n+]2cccc(OCc3ccccc3)c2n1Cc1cccc(OC(F)(F)F)c1.[Br-]. The molecule has 4 nitrogen and oxygen atoms in total. The maximum absolute atomic E-state index is 12.6. The van der Waals surface area contributed by atoms with Crippen molar-refractivity contribution in [2.45, 2.75) is 33.4 Å². The number of alkyl halides is 3. The number of aryl methyl sites for hydroxylation is 1. The molecule has 0 saturated carbocycles. The van der Waals surface area contributed by atoms with E-state index < -0.39 is 6.36 Å². The van der Waals surface area contributed by atoms with Crippen molar-refractivity contribution in [1.29, 1.82) is 0 Å². The highest BCUT2D eigenvalue weighted by atomic mass is 79.9. The van der Waals surface area contributed by atoms with Gasteiger partial charge in [-0.1, -0.05) is 42.5 Å². The van der Waals surface area contributed by atoms with Gasteiger partial charge in [0, 0.05) is 13.8 Å². The zero-order valence-electron chi connectivity index (χ0n) is 17.6. The highest BCUT2D eigenvalue weighted by Gasteiger charge is 2.31. The van der Waals surface area contributed by atoms with E-state index in [-0.39, 0.29) is 22.7 Å². The van der Waals surface area contributed by atoms with E-state index in [9.17, 15) is 13.2 Å². The number of hydrogen-bond acceptors (Lipinski definition) is 2. The Kier molecular flexibility index (Phi) is 7.13. The normalized spacial score (nSPS) is 11.3. The smallest absolute Gasteiger partial charge is 0.573 e. The van der Waals surface area contributed by atoms with Gasteiger partial charge in [0.05, 0.1) is 6.20 Å². The van der Waals surface area contributed by atoms with Crippen LogP contribution < -0.4 is 30.9 Å². The summed E-state index contributed by atoms with van der Waals surface area (Å²) in [6, 6.07) is 19.7. The Labute approximate surface area is 194 Å². The molecule has 0 aliphatic rings. The molecule has 4 aromatic rings. The number of nitrogens with zero attached hydrogens (tertiary/aromatic N) is 2. The van der Waals surface area contributed by atoms with E-state index in [1.54, 1.807) is 12.1 Å². The topological polar surface area (TPSA) is 27.5 Å². The number of fused-ring (bicyclic) bond motifs is 1. The molecule has 0 radical (unpaired) electrons. The summed E-state index contributed by atoms with van der Waals surface area (Å²) in [5.41, 5.74) is 4.62. The Morgan fingerprint density at radius 3 is 2.34 bits per heavy atom. The largest absolute Gasteiger partial charge is 1.00 e. The molecular weight excluding hydrogens is 485 g/mol. The monoisotopic (exact) mass is 506 g/mol. The van der Waals surface area contributed by atoms with Crippen LogP contribution in [0.15, 0.2) is 72.9 Å². The van der Waals surface area contributed by atoms with Gasteiger partial charge in [-0.3, -0.25) is 0 Å². The summed E-state index contributed by atoms with van der Waals surface area (Å²) in [4.78, 5) is 0. The molecule has 32 heavy (non-hydrogen) atoms. The fourth-order valence-corrected chi connectivity index (χ4v) is 3.61. The van der Waals surface area contributed by atoms with E-state index >= 15 is 0 Å². The van der Waals surface area contributed by atoms with E-state index in [1.807, 2.05) is 71.5 Å². The predicted molar refractivity (Wildman–Crippen MR) is 110 cm³/mol. The average Bonchev–Trinajstić information content (AvgIpc) is 2.97. The molecule has 0 amide bonds. The molecular formula is C24H22BrF3N2O2. The number of imidazole rings is 1. The van der Waals surface area contributed by atoms with Crippen molar-refractivity contribution in [3.63, 3.8) is 0 Å². The van der Waals surface area contributed by atoms with Gasteiger partial charge >= 0.3 is 12.0 Å². The number of hydrogen-bond donors (Lipinski definition) is 0. The molecule has 8 heteroatoms. The zero-order chi connectivity index (χ0) is 22.0. The third-order valence-electron chi connectivity index (χ3n) is 5.19. The second kappa shape index (κ2) is 9.65. The minimum Gasteiger partial charge on any atom is -1.00 e.